The maximum absolute atomic E-state index is 11.5. The van der Waals surface area contributed by atoms with E-state index in [-0.39, 0.29) is 29.9 Å². The maximum atomic E-state index is 11.5. The first-order valence-electron chi connectivity index (χ1n) is 9.65. The van der Waals surface area contributed by atoms with Crippen molar-refractivity contribution in [3.63, 3.8) is 0 Å². The van der Waals surface area contributed by atoms with Crippen molar-refractivity contribution in [1.29, 1.82) is 0 Å². The zero-order valence-electron chi connectivity index (χ0n) is 17.5. The number of para-hydroxylation sites is 1. The SMILES string of the molecule is CCNC(=NCc1ccccc1OCCN(C)C)N1CCN(C(C)=O)CC1.I. The summed E-state index contributed by atoms with van der Waals surface area (Å²) in [4.78, 5) is 22.5. The van der Waals surface area contributed by atoms with Crippen molar-refractivity contribution < 1.29 is 9.53 Å². The minimum atomic E-state index is 0. The van der Waals surface area contributed by atoms with Crippen LogP contribution in [0.1, 0.15) is 19.4 Å². The van der Waals surface area contributed by atoms with Gasteiger partial charge in [0.1, 0.15) is 12.4 Å². The maximum Gasteiger partial charge on any atom is 0.219 e. The van der Waals surface area contributed by atoms with Gasteiger partial charge < -0.3 is 24.8 Å². The lowest BCUT2D eigenvalue weighted by Crippen LogP contribution is -2.53. The predicted molar refractivity (Wildman–Crippen MR) is 125 cm³/mol. The molecule has 0 radical (unpaired) electrons. The minimum Gasteiger partial charge on any atom is -0.492 e. The second-order valence-corrected chi connectivity index (χ2v) is 6.92. The van der Waals surface area contributed by atoms with Crippen LogP contribution in [-0.4, -0.2) is 86.5 Å². The smallest absolute Gasteiger partial charge is 0.219 e. The van der Waals surface area contributed by atoms with Crippen LogP contribution in [0.2, 0.25) is 0 Å². The van der Waals surface area contributed by atoms with Crippen LogP contribution in [0.3, 0.4) is 0 Å². The van der Waals surface area contributed by atoms with Crippen LogP contribution in [0.4, 0.5) is 0 Å². The molecule has 0 saturated carbocycles. The van der Waals surface area contributed by atoms with Gasteiger partial charge in [0.2, 0.25) is 5.91 Å². The molecule has 7 nitrogen and oxygen atoms in total. The average molecular weight is 503 g/mol. The lowest BCUT2D eigenvalue weighted by atomic mass is 10.2. The number of halogens is 1. The van der Waals surface area contributed by atoms with Crippen LogP contribution in [-0.2, 0) is 11.3 Å². The fourth-order valence-corrected chi connectivity index (χ4v) is 2.93. The number of piperazine rings is 1. The molecule has 2 rings (SSSR count). The molecule has 1 aromatic rings. The van der Waals surface area contributed by atoms with Gasteiger partial charge in [0.25, 0.3) is 0 Å². The predicted octanol–water partition coefficient (Wildman–Crippen LogP) is 1.87. The molecule has 1 aliphatic rings. The third-order valence-corrected chi connectivity index (χ3v) is 4.53. The van der Waals surface area contributed by atoms with Crippen LogP contribution >= 0.6 is 24.0 Å². The summed E-state index contributed by atoms with van der Waals surface area (Å²) in [6, 6.07) is 8.07. The Morgan fingerprint density at radius 2 is 1.82 bits per heavy atom. The highest BCUT2D eigenvalue weighted by atomic mass is 127. The number of aliphatic imine (C=N–C) groups is 1. The molecule has 8 heteroatoms. The summed E-state index contributed by atoms with van der Waals surface area (Å²) < 4.78 is 5.94. The number of nitrogens with one attached hydrogen (secondary N) is 1. The molecule has 1 heterocycles. The van der Waals surface area contributed by atoms with Gasteiger partial charge in [0, 0.05) is 51.8 Å². The number of amides is 1. The van der Waals surface area contributed by atoms with Crippen molar-refractivity contribution in [2.45, 2.75) is 20.4 Å². The summed E-state index contributed by atoms with van der Waals surface area (Å²) in [7, 11) is 4.07. The molecular weight excluding hydrogens is 469 g/mol. The fraction of sp³-hybridized carbons (Fsp3) is 0.600. The monoisotopic (exact) mass is 503 g/mol. The molecule has 0 spiro atoms. The summed E-state index contributed by atoms with van der Waals surface area (Å²) in [5.74, 6) is 1.92. The standard InChI is InChI=1S/C20H33N5O2.HI/c1-5-21-20(25-12-10-24(11-13-25)17(2)26)22-16-18-8-6-7-9-19(18)27-15-14-23(3)4;/h6-9H,5,10-16H2,1-4H3,(H,21,22);1H. The van der Waals surface area contributed by atoms with Crippen molar-refractivity contribution in [1.82, 2.24) is 20.0 Å². The fourth-order valence-electron chi connectivity index (χ4n) is 2.93. The zero-order chi connectivity index (χ0) is 19.6. The van der Waals surface area contributed by atoms with Crippen LogP contribution in [0.25, 0.3) is 0 Å². The van der Waals surface area contributed by atoms with Crippen LogP contribution in [0, 0.1) is 0 Å². The molecule has 1 aromatic carbocycles. The van der Waals surface area contributed by atoms with E-state index in [2.05, 4.69) is 28.1 Å². The Balaban J connectivity index is 0.00000392. The van der Waals surface area contributed by atoms with Gasteiger partial charge >= 0.3 is 0 Å². The molecule has 1 aliphatic heterocycles. The Kier molecular flexibility index (Phi) is 11.2. The number of hydrogen-bond donors (Lipinski definition) is 1. The van der Waals surface area contributed by atoms with Gasteiger partial charge in [-0.05, 0) is 27.1 Å². The molecule has 0 bridgehead atoms. The van der Waals surface area contributed by atoms with E-state index in [0.717, 1.165) is 56.5 Å². The second kappa shape index (κ2) is 12.8. The van der Waals surface area contributed by atoms with Gasteiger partial charge in [-0.25, -0.2) is 4.99 Å². The van der Waals surface area contributed by atoms with Gasteiger partial charge in [-0.15, -0.1) is 24.0 Å². The number of benzene rings is 1. The lowest BCUT2D eigenvalue weighted by molar-refractivity contribution is -0.130. The van der Waals surface area contributed by atoms with Gasteiger partial charge in [-0.1, -0.05) is 18.2 Å². The Morgan fingerprint density at radius 3 is 2.43 bits per heavy atom. The molecule has 0 aromatic heterocycles. The van der Waals surface area contributed by atoms with Crippen molar-refractivity contribution in [3.8, 4) is 5.75 Å². The van der Waals surface area contributed by atoms with E-state index < -0.39 is 0 Å². The van der Waals surface area contributed by atoms with E-state index in [1.807, 2.05) is 37.2 Å². The first-order chi connectivity index (χ1) is 13.0. The first-order valence-corrected chi connectivity index (χ1v) is 9.65. The Morgan fingerprint density at radius 1 is 1.18 bits per heavy atom. The third kappa shape index (κ3) is 7.83. The quantitative estimate of drug-likeness (QED) is 0.350. The largest absolute Gasteiger partial charge is 0.492 e. The van der Waals surface area contributed by atoms with Gasteiger partial charge in [0.15, 0.2) is 5.96 Å². The highest BCUT2D eigenvalue weighted by Gasteiger charge is 2.20. The van der Waals surface area contributed by atoms with E-state index >= 15 is 0 Å². The summed E-state index contributed by atoms with van der Waals surface area (Å²) in [6.45, 7) is 9.68. The van der Waals surface area contributed by atoms with E-state index in [1.54, 1.807) is 6.92 Å². The number of ether oxygens (including phenoxy) is 1. The topological polar surface area (TPSA) is 60.4 Å². The summed E-state index contributed by atoms with van der Waals surface area (Å²) in [5.41, 5.74) is 1.08. The van der Waals surface area contributed by atoms with Crippen LogP contribution in [0.5, 0.6) is 5.75 Å². The molecule has 0 unspecified atom stereocenters. The van der Waals surface area contributed by atoms with Crippen LogP contribution in [0.15, 0.2) is 29.3 Å². The Bertz CT molecular complexity index is 631. The third-order valence-electron chi connectivity index (χ3n) is 4.53. The number of guanidine groups is 1. The molecular formula is C20H34IN5O2. The molecule has 1 fully saturated rings. The molecule has 1 saturated heterocycles. The second-order valence-electron chi connectivity index (χ2n) is 6.92. The highest BCUT2D eigenvalue weighted by molar-refractivity contribution is 14.0. The number of carbonyl (C=O) groups is 1. The summed E-state index contributed by atoms with van der Waals surface area (Å²) in [6.07, 6.45) is 0. The average Bonchev–Trinajstić information content (AvgIpc) is 2.66. The van der Waals surface area contributed by atoms with Crippen LogP contribution < -0.4 is 10.1 Å². The first kappa shape index (κ1) is 24.5. The van der Waals surface area contributed by atoms with E-state index in [0.29, 0.717) is 13.2 Å². The van der Waals surface area contributed by atoms with E-state index in [4.69, 9.17) is 9.73 Å². The van der Waals surface area contributed by atoms with Gasteiger partial charge in [-0.3, -0.25) is 4.79 Å². The molecule has 158 valence electrons. The number of nitrogens with zero attached hydrogens (tertiary/aromatic N) is 4. The van der Waals surface area contributed by atoms with E-state index in [1.165, 1.54) is 0 Å². The van der Waals surface area contributed by atoms with Crippen molar-refractivity contribution in [2.24, 2.45) is 4.99 Å². The van der Waals surface area contributed by atoms with E-state index in [9.17, 15) is 4.79 Å². The molecule has 28 heavy (non-hydrogen) atoms. The number of hydrogen-bond acceptors (Lipinski definition) is 4. The van der Waals surface area contributed by atoms with Gasteiger partial charge in [-0.2, -0.15) is 0 Å². The molecule has 0 atom stereocenters. The lowest BCUT2D eigenvalue weighted by Gasteiger charge is -2.36. The van der Waals surface area contributed by atoms with Gasteiger partial charge in [0.05, 0.1) is 6.54 Å². The molecule has 1 N–H and O–H groups in total. The highest BCUT2D eigenvalue weighted by Crippen LogP contribution is 2.19. The summed E-state index contributed by atoms with van der Waals surface area (Å²) >= 11 is 0. The number of carbonyl (C=O) groups excluding carboxylic acids is 1. The van der Waals surface area contributed by atoms with Crippen molar-refractivity contribution in [3.05, 3.63) is 29.8 Å². The minimum absolute atomic E-state index is 0. The van der Waals surface area contributed by atoms with Crippen molar-refractivity contribution >= 4 is 35.8 Å². The number of likely N-dealkylation sites (N-methyl/N-ethyl adjacent to an activating group) is 1. The zero-order valence-corrected chi connectivity index (χ0v) is 19.8. The molecule has 0 aliphatic carbocycles. The van der Waals surface area contributed by atoms with Crippen molar-refractivity contribution in [2.75, 3.05) is 60.0 Å². The Hall–Kier alpha value is -1.55. The normalized spacial score (nSPS) is 14.7. The Labute approximate surface area is 186 Å². The summed E-state index contributed by atoms with van der Waals surface area (Å²) in [5, 5.41) is 3.37. The number of rotatable bonds is 7. The molecule has 1 amide bonds.